The third-order valence-electron chi connectivity index (χ3n) is 3.12. The maximum atomic E-state index is 12.9. The summed E-state index contributed by atoms with van der Waals surface area (Å²) in [7, 11) is -3.89. The Balaban J connectivity index is 2.51. The Labute approximate surface area is 140 Å². The summed E-state index contributed by atoms with van der Waals surface area (Å²) in [6.45, 7) is 0.0282. The summed E-state index contributed by atoms with van der Waals surface area (Å²) in [6.07, 6.45) is 0.0537. The molecule has 23 heavy (non-hydrogen) atoms. The molecule has 2 rings (SSSR count). The number of benzene rings is 2. The van der Waals surface area contributed by atoms with Crippen molar-refractivity contribution >= 4 is 27.3 Å². The van der Waals surface area contributed by atoms with Crippen LogP contribution in [0.5, 0.6) is 0 Å². The second-order valence-corrected chi connectivity index (χ2v) is 6.84. The van der Waals surface area contributed by atoms with Crippen LogP contribution in [0.4, 0.5) is 5.69 Å². The van der Waals surface area contributed by atoms with E-state index in [1.165, 1.54) is 18.2 Å². The lowest BCUT2D eigenvalue weighted by molar-refractivity contribution is 0.591. The van der Waals surface area contributed by atoms with Crippen LogP contribution in [0.2, 0.25) is 5.02 Å². The lowest BCUT2D eigenvalue weighted by Crippen LogP contribution is -2.31. The van der Waals surface area contributed by atoms with Gasteiger partial charge >= 0.3 is 0 Å². The standard InChI is InChI=1S/C16H12ClN3O2S/c17-16-11-15(8-7-13(16)12-19)23(21,22)20(10-4-9-18)14-5-2-1-3-6-14/h1-3,5-8,11H,4,10H2. The van der Waals surface area contributed by atoms with Crippen molar-refractivity contribution in [1.29, 1.82) is 10.5 Å². The predicted molar refractivity (Wildman–Crippen MR) is 87.4 cm³/mol. The van der Waals surface area contributed by atoms with E-state index < -0.39 is 10.0 Å². The highest BCUT2D eigenvalue weighted by Crippen LogP contribution is 2.26. The summed E-state index contributed by atoms with van der Waals surface area (Å²) in [5.74, 6) is 0. The van der Waals surface area contributed by atoms with Gasteiger partial charge in [-0.05, 0) is 30.3 Å². The van der Waals surface area contributed by atoms with Gasteiger partial charge in [-0.15, -0.1) is 0 Å². The average Bonchev–Trinajstić information content (AvgIpc) is 2.56. The van der Waals surface area contributed by atoms with Crippen molar-refractivity contribution in [3.63, 3.8) is 0 Å². The Bertz CT molecular complexity index is 884. The fourth-order valence-corrected chi connectivity index (χ4v) is 3.79. The molecule has 5 nitrogen and oxygen atoms in total. The van der Waals surface area contributed by atoms with Crippen molar-refractivity contribution in [3.8, 4) is 12.1 Å². The number of para-hydroxylation sites is 1. The molecule has 0 N–H and O–H groups in total. The number of nitriles is 2. The van der Waals surface area contributed by atoms with Crippen molar-refractivity contribution in [2.45, 2.75) is 11.3 Å². The molecule has 7 heteroatoms. The van der Waals surface area contributed by atoms with Crippen LogP contribution in [0.1, 0.15) is 12.0 Å². The quantitative estimate of drug-likeness (QED) is 0.831. The van der Waals surface area contributed by atoms with Crippen LogP contribution in [-0.4, -0.2) is 15.0 Å². The number of sulfonamides is 1. The molecule has 0 atom stereocenters. The van der Waals surface area contributed by atoms with E-state index in [9.17, 15) is 8.42 Å². The second kappa shape index (κ2) is 7.15. The minimum Gasteiger partial charge on any atom is -0.265 e. The molecule has 0 aliphatic carbocycles. The number of nitrogens with zero attached hydrogens (tertiary/aromatic N) is 3. The first kappa shape index (κ1) is 16.8. The molecule has 0 aromatic heterocycles. The fraction of sp³-hybridized carbons (Fsp3) is 0.125. The summed E-state index contributed by atoms with van der Waals surface area (Å²) in [5, 5.41) is 17.7. The van der Waals surface area contributed by atoms with Gasteiger partial charge in [0.05, 0.1) is 33.7 Å². The van der Waals surface area contributed by atoms with Gasteiger partial charge in [-0.1, -0.05) is 29.8 Å². The van der Waals surface area contributed by atoms with Crippen LogP contribution in [-0.2, 0) is 10.0 Å². The lowest BCUT2D eigenvalue weighted by atomic mass is 10.2. The summed E-state index contributed by atoms with van der Waals surface area (Å²) in [6, 6.07) is 16.3. The van der Waals surface area contributed by atoms with Gasteiger partial charge in [0.15, 0.2) is 0 Å². The second-order valence-electron chi connectivity index (χ2n) is 4.57. The molecule has 0 amide bonds. The molecule has 0 spiro atoms. The molecule has 0 aliphatic heterocycles. The Morgan fingerprint density at radius 2 is 1.78 bits per heavy atom. The van der Waals surface area contributed by atoms with Crippen LogP contribution in [0.15, 0.2) is 53.4 Å². The number of halogens is 1. The van der Waals surface area contributed by atoms with Crippen LogP contribution >= 0.6 is 11.6 Å². The van der Waals surface area contributed by atoms with Crippen molar-refractivity contribution in [2.24, 2.45) is 0 Å². The smallest absolute Gasteiger partial charge is 0.264 e. The van der Waals surface area contributed by atoms with Crippen LogP contribution in [0.25, 0.3) is 0 Å². The zero-order valence-corrected chi connectivity index (χ0v) is 13.5. The zero-order chi connectivity index (χ0) is 16.9. The number of anilines is 1. The maximum Gasteiger partial charge on any atom is 0.264 e. The number of hydrogen-bond acceptors (Lipinski definition) is 4. The molecule has 0 saturated heterocycles. The molecule has 0 fully saturated rings. The highest BCUT2D eigenvalue weighted by molar-refractivity contribution is 7.92. The van der Waals surface area contributed by atoms with Gasteiger partial charge in [-0.2, -0.15) is 10.5 Å². The van der Waals surface area contributed by atoms with Crippen molar-refractivity contribution in [3.05, 3.63) is 59.1 Å². The van der Waals surface area contributed by atoms with E-state index in [1.807, 2.05) is 12.1 Å². The first-order valence-electron chi connectivity index (χ1n) is 6.65. The molecule has 0 heterocycles. The van der Waals surface area contributed by atoms with Gasteiger partial charge in [0.25, 0.3) is 10.0 Å². The van der Waals surface area contributed by atoms with Crippen molar-refractivity contribution in [2.75, 3.05) is 10.8 Å². The largest absolute Gasteiger partial charge is 0.265 e. The van der Waals surface area contributed by atoms with E-state index >= 15 is 0 Å². The molecule has 116 valence electrons. The van der Waals surface area contributed by atoms with Crippen molar-refractivity contribution < 1.29 is 8.42 Å². The highest BCUT2D eigenvalue weighted by Gasteiger charge is 2.25. The Hall–Kier alpha value is -2.54. The van der Waals surface area contributed by atoms with E-state index in [0.29, 0.717) is 5.69 Å². The van der Waals surface area contributed by atoms with Gasteiger partial charge < -0.3 is 0 Å². The van der Waals surface area contributed by atoms with Crippen LogP contribution < -0.4 is 4.31 Å². The van der Waals surface area contributed by atoms with Crippen molar-refractivity contribution in [1.82, 2.24) is 0 Å². The summed E-state index contributed by atoms with van der Waals surface area (Å²) < 4.78 is 26.9. The first-order valence-corrected chi connectivity index (χ1v) is 8.47. The third kappa shape index (κ3) is 3.62. The van der Waals surface area contributed by atoms with E-state index in [-0.39, 0.29) is 28.4 Å². The molecule has 0 saturated carbocycles. The molecule has 0 radical (unpaired) electrons. The first-order chi connectivity index (χ1) is 11.0. The van der Waals surface area contributed by atoms with E-state index in [1.54, 1.807) is 30.3 Å². The van der Waals surface area contributed by atoms with Gasteiger partial charge in [-0.25, -0.2) is 8.42 Å². The summed E-state index contributed by atoms with van der Waals surface area (Å²) in [4.78, 5) is -0.0247. The Morgan fingerprint density at radius 3 is 2.35 bits per heavy atom. The number of hydrogen-bond donors (Lipinski definition) is 0. The normalized spacial score (nSPS) is 10.6. The molecule has 0 aliphatic rings. The highest BCUT2D eigenvalue weighted by atomic mass is 35.5. The monoisotopic (exact) mass is 345 g/mol. The van der Waals surface area contributed by atoms with E-state index in [4.69, 9.17) is 22.1 Å². The lowest BCUT2D eigenvalue weighted by Gasteiger charge is -2.23. The summed E-state index contributed by atoms with van der Waals surface area (Å²) in [5.41, 5.74) is 0.664. The molecule has 2 aromatic carbocycles. The molecular formula is C16H12ClN3O2S. The van der Waals surface area contributed by atoms with Gasteiger partial charge in [0, 0.05) is 6.54 Å². The molecule has 0 unspecified atom stereocenters. The van der Waals surface area contributed by atoms with Crippen LogP contribution in [0.3, 0.4) is 0 Å². The topological polar surface area (TPSA) is 85.0 Å². The maximum absolute atomic E-state index is 12.9. The zero-order valence-electron chi connectivity index (χ0n) is 12.0. The molecule has 2 aromatic rings. The molecule has 0 bridgehead atoms. The van der Waals surface area contributed by atoms with E-state index in [0.717, 1.165) is 4.31 Å². The number of rotatable bonds is 5. The summed E-state index contributed by atoms with van der Waals surface area (Å²) >= 11 is 5.93. The SMILES string of the molecule is N#CCCN(c1ccccc1)S(=O)(=O)c1ccc(C#N)c(Cl)c1. The average molecular weight is 346 g/mol. The third-order valence-corrected chi connectivity index (χ3v) is 5.26. The van der Waals surface area contributed by atoms with Gasteiger partial charge in [-0.3, -0.25) is 4.31 Å². The Morgan fingerprint density at radius 1 is 1.09 bits per heavy atom. The predicted octanol–water partition coefficient (Wildman–Crippen LogP) is 3.32. The van der Waals surface area contributed by atoms with E-state index in [2.05, 4.69) is 0 Å². The van der Waals surface area contributed by atoms with Gasteiger partial charge in [0.2, 0.25) is 0 Å². The molecular weight excluding hydrogens is 334 g/mol. The van der Waals surface area contributed by atoms with Crippen LogP contribution in [0, 0.1) is 22.7 Å². The van der Waals surface area contributed by atoms with Gasteiger partial charge in [0.1, 0.15) is 6.07 Å². The fourth-order valence-electron chi connectivity index (χ4n) is 2.01. The minimum atomic E-state index is -3.89. The Kier molecular flexibility index (Phi) is 5.23. The minimum absolute atomic E-state index is 0.0247.